The Bertz CT molecular complexity index is 1220. The van der Waals surface area contributed by atoms with E-state index >= 15 is 0 Å². The van der Waals surface area contributed by atoms with Gasteiger partial charge in [-0.2, -0.15) is 9.78 Å². The van der Waals surface area contributed by atoms with E-state index in [4.69, 9.17) is 9.47 Å². The van der Waals surface area contributed by atoms with Gasteiger partial charge in [0.25, 0.3) is 0 Å². The molecule has 0 spiro atoms. The van der Waals surface area contributed by atoms with Gasteiger partial charge in [-0.15, -0.1) is 0 Å². The molecular weight excluding hydrogens is 404 g/mol. The molecular formula is C21H18N4O4S. The lowest BCUT2D eigenvalue weighted by atomic mass is 9.87. The molecule has 1 aliphatic rings. The number of hydrogen-bond donors (Lipinski definition) is 2. The summed E-state index contributed by atoms with van der Waals surface area (Å²) in [7, 11) is 2.95. The average molecular weight is 422 g/mol. The molecule has 0 aliphatic carbocycles. The molecule has 2 N–H and O–H groups in total. The van der Waals surface area contributed by atoms with Crippen LogP contribution in [0.3, 0.4) is 0 Å². The number of carbonyl (C=O) groups excluding carboxylic acids is 1. The number of nitrogens with zero attached hydrogens (tertiary/aromatic N) is 3. The van der Waals surface area contributed by atoms with Crippen LogP contribution in [0.15, 0.2) is 42.6 Å². The highest BCUT2D eigenvalue weighted by Crippen LogP contribution is 2.44. The second-order valence-electron chi connectivity index (χ2n) is 6.90. The Morgan fingerprint density at radius 1 is 1.20 bits per heavy atom. The molecule has 2 aromatic carbocycles. The second kappa shape index (κ2) is 7.03. The molecule has 0 radical (unpaired) electrons. The number of aromatic hydroxyl groups is 1. The normalized spacial score (nSPS) is 15.7. The Hall–Kier alpha value is -3.59. The van der Waals surface area contributed by atoms with E-state index in [-0.39, 0.29) is 35.5 Å². The van der Waals surface area contributed by atoms with Crippen molar-refractivity contribution < 1.29 is 19.4 Å². The number of carbonyl (C=O) groups is 1. The zero-order valence-electron chi connectivity index (χ0n) is 16.2. The number of rotatable bonds is 4. The maximum atomic E-state index is 12.6. The number of hydrogen-bond acceptors (Lipinski definition) is 7. The van der Waals surface area contributed by atoms with Crippen molar-refractivity contribution in [3.8, 4) is 22.4 Å². The molecule has 5 rings (SSSR count). The molecule has 1 atom stereocenters. The van der Waals surface area contributed by atoms with Gasteiger partial charge in [-0.25, -0.2) is 4.98 Å². The summed E-state index contributed by atoms with van der Waals surface area (Å²) in [5, 5.41) is 18.4. The molecule has 0 unspecified atom stereocenters. The maximum Gasteiger partial charge on any atom is 0.226 e. The lowest BCUT2D eigenvalue weighted by molar-refractivity contribution is -0.116. The van der Waals surface area contributed by atoms with Gasteiger partial charge < -0.3 is 19.9 Å². The summed E-state index contributed by atoms with van der Waals surface area (Å²) in [5.41, 5.74) is 2.54. The molecule has 0 saturated heterocycles. The molecule has 1 amide bonds. The van der Waals surface area contributed by atoms with Crippen molar-refractivity contribution in [2.75, 3.05) is 19.5 Å². The third kappa shape index (κ3) is 2.86. The quantitative estimate of drug-likeness (QED) is 0.521. The number of phenolic OH excluding ortho intramolecular Hbond substituents is 1. The number of amides is 1. The van der Waals surface area contributed by atoms with Gasteiger partial charge in [-0.3, -0.25) is 4.79 Å². The summed E-state index contributed by atoms with van der Waals surface area (Å²) >= 11 is 1.51. The van der Waals surface area contributed by atoms with Crippen LogP contribution in [0.25, 0.3) is 15.3 Å². The SMILES string of the molecule is COc1cc([C@H]2CC(=O)Nc3c2cnn3-c2nc3ccccc3s2)cc(OC)c1O. The Morgan fingerprint density at radius 3 is 2.63 bits per heavy atom. The van der Waals surface area contributed by atoms with Crippen LogP contribution in [0.1, 0.15) is 23.5 Å². The summed E-state index contributed by atoms with van der Waals surface area (Å²) in [4.78, 5) is 17.2. The van der Waals surface area contributed by atoms with Gasteiger partial charge in [-0.1, -0.05) is 23.5 Å². The molecule has 152 valence electrons. The lowest BCUT2D eigenvalue weighted by Crippen LogP contribution is -2.24. The first-order valence-electron chi connectivity index (χ1n) is 9.27. The average Bonchev–Trinajstić information content (AvgIpc) is 3.37. The first-order valence-corrected chi connectivity index (χ1v) is 10.1. The zero-order valence-corrected chi connectivity index (χ0v) is 17.1. The predicted molar refractivity (Wildman–Crippen MR) is 113 cm³/mol. The molecule has 9 heteroatoms. The molecule has 4 aromatic rings. The first kappa shape index (κ1) is 18.4. The molecule has 3 heterocycles. The van der Waals surface area contributed by atoms with Crippen molar-refractivity contribution in [2.24, 2.45) is 0 Å². The van der Waals surface area contributed by atoms with E-state index in [0.29, 0.717) is 10.9 Å². The van der Waals surface area contributed by atoms with Gasteiger partial charge in [0.05, 0.1) is 30.6 Å². The second-order valence-corrected chi connectivity index (χ2v) is 7.91. The van der Waals surface area contributed by atoms with Crippen LogP contribution < -0.4 is 14.8 Å². The fourth-order valence-electron chi connectivity index (χ4n) is 3.73. The molecule has 1 aliphatic heterocycles. The highest BCUT2D eigenvalue weighted by molar-refractivity contribution is 7.20. The van der Waals surface area contributed by atoms with Crippen molar-refractivity contribution in [2.45, 2.75) is 12.3 Å². The molecule has 0 bridgehead atoms. The number of phenols is 1. The number of fused-ring (bicyclic) bond motifs is 2. The number of methoxy groups -OCH3 is 2. The number of ether oxygens (including phenoxy) is 2. The standard InChI is InChI=1S/C21H18N4O4S/c1-28-15-7-11(8-16(29-2)19(15)27)12-9-18(26)24-20-13(12)10-22-25(20)21-23-14-5-3-4-6-17(14)30-21/h3-8,10,12,27H,9H2,1-2H3,(H,24,26)/t12-/m1/s1. The number of aromatic nitrogens is 3. The van der Waals surface area contributed by atoms with E-state index in [1.165, 1.54) is 25.6 Å². The summed E-state index contributed by atoms with van der Waals surface area (Å²) in [5.74, 6) is 0.711. The Balaban J connectivity index is 1.63. The van der Waals surface area contributed by atoms with Crippen LogP contribution in [0.4, 0.5) is 5.82 Å². The number of thiazole rings is 1. The number of anilines is 1. The van der Waals surface area contributed by atoms with Crippen LogP contribution >= 0.6 is 11.3 Å². The largest absolute Gasteiger partial charge is 0.502 e. The van der Waals surface area contributed by atoms with Crippen molar-refractivity contribution >= 4 is 33.3 Å². The van der Waals surface area contributed by atoms with Gasteiger partial charge >= 0.3 is 0 Å². The number of nitrogens with one attached hydrogen (secondary N) is 1. The third-order valence-corrected chi connectivity index (χ3v) is 6.20. The first-order chi connectivity index (χ1) is 14.6. The van der Waals surface area contributed by atoms with Crippen LogP contribution in [0.5, 0.6) is 17.2 Å². The summed E-state index contributed by atoms with van der Waals surface area (Å²) in [6, 6.07) is 11.3. The highest BCUT2D eigenvalue weighted by atomic mass is 32.1. The Kier molecular flexibility index (Phi) is 4.32. The fourth-order valence-corrected chi connectivity index (χ4v) is 4.66. The van der Waals surface area contributed by atoms with Gasteiger partial charge in [0, 0.05) is 17.9 Å². The monoisotopic (exact) mass is 422 g/mol. The maximum absolute atomic E-state index is 12.6. The molecule has 30 heavy (non-hydrogen) atoms. The minimum absolute atomic E-state index is 0.0746. The van der Waals surface area contributed by atoms with Crippen molar-refractivity contribution in [3.63, 3.8) is 0 Å². The lowest BCUT2D eigenvalue weighted by Gasteiger charge is -2.24. The van der Waals surface area contributed by atoms with E-state index in [0.717, 1.165) is 21.3 Å². The van der Waals surface area contributed by atoms with Gasteiger partial charge in [0.2, 0.25) is 16.8 Å². The topological polar surface area (TPSA) is 98.5 Å². The smallest absolute Gasteiger partial charge is 0.226 e. The molecule has 2 aromatic heterocycles. The van der Waals surface area contributed by atoms with Crippen LogP contribution in [0, 0.1) is 0 Å². The Morgan fingerprint density at radius 2 is 1.93 bits per heavy atom. The van der Waals surface area contributed by atoms with Crippen molar-refractivity contribution in [1.29, 1.82) is 0 Å². The molecule has 8 nitrogen and oxygen atoms in total. The summed E-state index contributed by atoms with van der Waals surface area (Å²) < 4.78 is 13.3. The van der Waals surface area contributed by atoms with Crippen LogP contribution in [0.2, 0.25) is 0 Å². The van der Waals surface area contributed by atoms with Crippen molar-refractivity contribution in [3.05, 3.63) is 53.7 Å². The van der Waals surface area contributed by atoms with Crippen LogP contribution in [-0.2, 0) is 4.79 Å². The van der Waals surface area contributed by atoms with Gasteiger partial charge in [-0.05, 0) is 29.8 Å². The minimum atomic E-state index is -0.264. The number of para-hydroxylation sites is 1. The summed E-state index contributed by atoms with van der Waals surface area (Å²) in [6.07, 6.45) is 1.99. The van der Waals surface area contributed by atoms with Crippen molar-refractivity contribution in [1.82, 2.24) is 14.8 Å². The molecule has 0 saturated carbocycles. The fraction of sp³-hybridized carbons (Fsp3) is 0.190. The van der Waals surface area contributed by atoms with Gasteiger partial charge in [0.1, 0.15) is 5.82 Å². The third-order valence-electron chi connectivity index (χ3n) is 5.19. The predicted octanol–water partition coefficient (Wildman–Crippen LogP) is 3.68. The highest BCUT2D eigenvalue weighted by Gasteiger charge is 2.32. The summed E-state index contributed by atoms with van der Waals surface area (Å²) in [6.45, 7) is 0. The zero-order chi connectivity index (χ0) is 20.8. The van der Waals surface area contributed by atoms with Crippen LogP contribution in [-0.4, -0.2) is 40.0 Å². The van der Waals surface area contributed by atoms with E-state index in [9.17, 15) is 9.90 Å². The van der Waals surface area contributed by atoms with E-state index in [1.807, 2.05) is 24.3 Å². The molecule has 0 fully saturated rings. The Labute approximate surface area is 175 Å². The van der Waals surface area contributed by atoms with Gasteiger partial charge in [0.15, 0.2) is 11.5 Å². The van der Waals surface area contributed by atoms with E-state index < -0.39 is 0 Å². The van der Waals surface area contributed by atoms with E-state index in [1.54, 1.807) is 23.0 Å². The number of benzene rings is 2. The van der Waals surface area contributed by atoms with E-state index in [2.05, 4.69) is 15.4 Å². The minimum Gasteiger partial charge on any atom is -0.502 e.